The normalized spacial score (nSPS) is 12.1. The first-order chi connectivity index (χ1) is 20.2. The molecular weight excluding hydrogens is 536 g/mol. The molecule has 10 nitrogen and oxygen atoms in total. The molecule has 4 N–H and O–H groups in total. The lowest BCUT2D eigenvalue weighted by atomic mass is 10.0. The summed E-state index contributed by atoms with van der Waals surface area (Å²) in [5, 5.41) is 6.00. The zero-order valence-electron chi connectivity index (χ0n) is 22.9. The smallest absolute Gasteiger partial charge is 0.270 e. The van der Waals surface area contributed by atoms with Crippen molar-refractivity contribution in [1.82, 2.24) is 15.6 Å². The topological polar surface area (TPSA) is 158 Å². The van der Waals surface area contributed by atoms with E-state index in [1.165, 1.54) is 13.0 Å². The fourth-order valence-electron chi connectivity index (χ4n) is 4.34. The van der Waals surface area contributed by atoms with E-state index in [0.717, 1.165) is 10.9 Å². The number of primary amides is 1. The van der Waals surface area contributed by atoms with Crippen molar-refractivity contribution >= 4 is 40.2 Å². The lowest BCUT2D eigenvalue weighted by Crippen LogP contribution is -2.54. The third-order valence-electron chi connectivity index (χ3n) is 6.48. The van der Waals surface area contributed by atoms with Gasteiger partial charge in [-0.15, -0.1) is 0 Å². The number of nitrogens with zero attached hydrogens (tertiary/aromatic N) is 1. The Hall–Kier alpha value is -5.38. The molecule has 2 atom stereocenters. The van der Waals surface area contributed by atoms with Crippen molar-refractivity contribution in [3.8, 4) is 5.75 Å². The molecule has 3 amide bonds. The molecule has 0 aliphatic heterocycles. The Bertz CT molecular complexity index is 1620. The summed E-state index contributed by atoms with van der Waals surface area (Å²) in [5.41, 5.74) is 7.10. The van der Waals surface area contributed by atoms with Crippen molar-refractivity contribution in [2.75, 3.05) is 6.61 Å². The van der Waals surface area contributed by atoms with Crippen LogP contribution in [-0.4, -0.2) is 53.0 Å². The van der Waals surface area contributed by atoms with Crippen molar-refractivity contribution < 1.29 is 28.7 Å². The maximum absolute atomic E-state index is 13.4. The van der Waals surface area contributed by atoms with Crippen LogP contribution in [-0.2, 0) is 20.8 Å². The Morgan fingerprint density at radius 1 is 0.810 bits per heavy atom. The highest BCUT2D eigenvalue weighted by Crippen LogP contribution is 2.19. The molecule has 10 heteroatoms. The van der Waals surface area contributed by atoms with Gasteiger partial charge in [0.1, 0.15) is 24.1 Å². The number of aromatic nitrogens is 1. The van der Waals surface area contributed by atoms with E-state index in [4.69, 9.17) is 10.5 Å². The molecule has 1 heterocycles. The summed E-state index contributed by atoms with van der Waals surface area (Å²) in [6.07, 6.45) is -0.382. The number of rotatable bonds is 13. The second-order valence-corrected chi connectivity index (χ2v) is 9.64. The Labute approximate surface area is 242 Å². The van der Waals surface area contributed by atoms with Gasteiger partial charge >= 0.3 is 0 Å². The van der Waals surface area contributed by atoms with Crippen LogP contribution >= 0.6 is 0 Å². The number of nitrogens with two attached hydrogens (primary N) is 1. The number of carbonyl (C=O) groups is 5. The highest BCUT2D eigenvalue weighted by atomic mass is 16.5. The zero-order chi connectivity index (χ0) is 30.1. The Balaban J connectivity index is 1.52. The molecule has 0 saturated heterocycles. The third-order valence-corrected chi connectivity index (χ3v) is 6.48. The van der Waals surface area contributed by atoms with Crippen molar-refractivity contribution in [2.24, 2.45) is 5.73 Å². The molecule has 0 unspecified atom stereocenters. The van der Waals surface area contributed by atoms with Crippen LogP contribution in [0.5, 0.6) is 5.75 Å². The average Bonchev–Trinajstić information content (AvgIpc) is 2.99. The van der Waals surface area contributed by atoms with E-state index in [1.54, 1.807) is 66.7 Å². The molecule has 4 aromatic rings. The van der Waals surface area contributed by atoms with Crippen molar-refractivity contribution in [3.05, 3.63) is 108 Å². The van der Waals surface area contributed by atoms with Crippen LogP contribution in [0.2, 0.25) is 0 Å². The number of pyridine rings is 1. The van der Waals surface area contributed by atoms with Crippen molar-refractivity contribution in [1.29, 1.82) is 0 Å². The van der Waals surface area contributed by atoms with E-state index < -0.39 is 48.6 Å². The maximum atomic E-state index is 13.4. The molecule has 3 aromatic carbocycles. The van der Waals surface area contributed by atoms with Crippen LogP contribution in [0.15, 0.2) is 91.0 Å². The van der Waals surface area contributed by atoms with Gasteiger partial charge in [-0.2, -0.15) is 0 Å². The van der Waals surface area contributed by atoms with Gasteiger partial charge in [0, 0.05) is 5.39 Å². The molecule has 0 bridgehead atoms. The summed E-state index contributed by atoms with van der Waals surface area (Å²) >= 11 is 0. The molecule has 0 aliphatic carbocycles. The van der Waals surface area contributed by atoms with E-state index in [1.807, 2.05) is 18.2 Å². The van der Waals surface area contributed by atoms with Crippen molar-refractivity contribution in [3.63, 3.8) is 0 Å². The van der Waals surface area contributed by atoms with Gasteiger partial charge < -0.3 is 21.1 Å². The van der Waals surface area contributed by atoms with E-state index in [-0.39, 0.29) is 23.6 Å². The van der Waals surface area contributed by atoms with Gasteiger partial charge in [0.15, 0.2) is 11.6 Å². The minimum Gasteiger partial charge on any atom is -0.485 e. The van der Waals surface area contributed by atoms with E-state index in [0.29, 0.717) is 11.1 Å². The number of hydrogen-bond donors (Lipinski definition) is 3. The number of benzene rings is 3. The number of ketones is 2. The molecule has 1 aromatic heterocycles. The quantitative estimate of drug-likeness (QED) is 0.210. The third kappa shape index (κ3) is 7.85. The number of para-hydroxylation sites is 2. The van der Waals surface area contributed by atoms with E-state index in [9.17, 15) is 24.0 Å². The standard InChI is InChI=1S/C32H30N4O6/c1-20(37)23-12-6-8-14-29(23)42-19-28(38)26(17-21-9-3-2-4-10-21)35-32(41)27(18-30(33)39)36-31(40)25-16-15-22-11-5-7-13-24(22)34-25/h2-16,26-27H,17-19H2,1H3,(H2,33,39)(H,35,41)(H,36,40)/t26-,27-/m0/s1. The number of carbonyl (C=O) groups excluding carboxylic acids is 5. The van der Waals surface area contributed by atoms with Gasteiger partial charge in [-0.05, 0) is 43.2 Å². The summed E-state index contributed by atoms with van der Waals surface area (Å²) < 4.78 is 5.67. The Morgan fingerprint density at radius 3 is 2.24 bits per heavy atom. The molecule has 4 rings (SSSR count). The second kappa shape index (κ2) is 13.8. The summed E-state index contributed by atoms with van der Waals surface area (Å²) in [6.45, 7) is 0.957. The van der Waals surface area contributed by atoms with Crippen LogP contribution in [0.25, 0.3) is 10.9 Å². The first-order valence-electron chi connectivity index (χ1n) is 13.3. The van der Waals surface area contributed by atoms with Gasteiger partial charge in [0.2, 0.25) is 11.8 Å². The predicted octanol–water partition coefficient (Wildman–Crippen LogP) is 2.79. The SMILES string of the molecule is CC(=O)c1ccccc1OCC(=O)[C@H](Cc1ccccc1)NC(=O)[C@H](CC(N)=O)NC(=O)c1ccc2ccccc2n1. The van der Waals surface area contributed by atoms with Gasteiger partial charge in [0.25, 0.3) is 5.91 Å². The van der Waals surface area contributed by atoms with Gasteiger partial charge in [-0.1, -0.05) is 66.7 Å². The van der Waals surface area contributed by atoms with E-state index in [2.05, 4.69) is 15.6 Å². The maximum Gasteiger partial charge on any atom is 0.270 e. The molecule has 0 fully saturated rings. The Morgan fingerprint density at radius 2 is 1.50 bits per heavy atom. The lowest BCUT2D eigenvalue weighted by Gasteiger charge is -2.23. The number of Topliss-reactive ketones (excluding diaryl/α,β-unsaturated/α-hetero) is 2. The number of nitrogens with one attached hydrogen (secondary N) is 2. The van der Waals surface area contributed by atoms with Crippen LogP contribution < -0.4 is 21.1 Å². The second-order valence-electron chi connectivity index (χ2n) is 9.64. The fraction of sp³-hybridized carbons (Fsp3) is 0.188. The van der Waals surface area contributed by atoms with Crippen LogP contribution in [0.3, 0.4) is 0 Å². The molecule has 0 spiro atoms. The molecule has 0 radical (unpaired) electrons. The molecule has 42 heavy (non-hydrogen) atoms. The molecule has 0 aliphatic rings. The summed E-state index contributed by atoms with van der Waals surface area (Å²) in [4.78, 5) is 67.9. The van der Waals surface area contributed by atoms with Gasteiger partial charge in [-0.25, -0.2) is 4.98 Å². The zero-order valence-corrected chi connectivity index (χ0v) is 22.9. The summed E-state index contributed by atoms with van der Waals surface area (Å²) in [7, 11) is 0. The summed E-state index contributed by atoms with van der Waals surface area (Å²) in [5.74, 6) is -2.75. The summed E-state index contributed by atoms with van der Waals surface area (Å²) in [6, 6.07) is 23.6. The van der Waals surface area contributed by atoms with Crippen LogP contribution in [0, 0.1) is 0 Å². The molecule has 214 valence electrons. The first-order valence-corrected chi connectivity index (χ1v) is 13.3. The van der Waals surface area contributed by atoms with E-state index >= 15 is 0 Å². The van der Waals surface area contributed by atoms with Crippen LogP contribution in [0.1, 0.15) is 39.8 Å². The minimum atomic E-state index is -1.37. The molecule has 0 saturated carbocycles. The molecular formula is C32H30N4O6. The number of amides is 3. The fourth-order valence-corrected chi connectivity index (χ4v) is 4.34. The monoisotopic (exact) mass is 566 g/mol. The van der Waals surface area contributed by atoms with Gasteiger partial charge in [0.05, 0.1) is 23.5 Å². The first kappa shape index (κ1) is 29.6. The highest BCUT2D eigenvalue weighted by molar-refractivity contribution is 6.00. The Kier molecular flexibility index (Phi) is 9.73. The highest BCUT2D eigenvalue weighted by Gasteiger charge is 2.29. The predicted molar refractivity (Wildman–Crippen MR) is 156 cm³/mol. The van der Waals surface area contributed by atoms with Crippen molar-refractivity contribution in [2.45, 2.75) is 31.8 Å². The number of fused-ring (bicyclic) bond motifs is 1. The van der Waals surface area contributed by atoms with Crippen LogP contribution in [0.4, 0.5) is 0 Å². The van der Waals surface area contributed by atoms with Gasteiger partial charge in [-0.3, -0.25) is 24.0 Å². The largest absolute Gasteiger partial charge is 0.485 e. The minimum absolute atomic E-state index is 0.0467. The number of ether oxygens (including phenoxy) is 1. The number of hydrogen-bond acceptors (Lipinski definition) is 7. The average molecular weight is 567 g/mol. The lowest BCUT2D eigenvalue weighted by molar-refractivity contribution is -0.131.